The van der Waals surface area contributed by atoms with E-state index in [0.29, 0.717) is 5.75 Å². The summed E-state index contributed by atoms with van der Waals surface area (Å²) >= 11 is 3.48. The number of hydrogen-bond acceptors (Lipinski definition) is 3. The number of furan rings is 1. The van der Waals surface area contributed by atoms with E-state index < -0.39 is 0 Å². The summed E-state index contributed by atoms with van der Waals surface area (Å²) in [7, 11) is 1.62. The second kappa shape index (κ2) is 9.05. The molecule has 0 aliphatic heterocycles. The SMILES string of the molecule is COc1cc2occ(-c3ccc(Br)cc3)c2cc1/C(C)=C/C(=O)Nc1cc(C)ccc1C. The summed E-state index contributed by atoms with van der Waals surface area (Å²) in [6.07, 6.45) is 3.36. The second-order valence-corrected chi connectivity index (χ2v) is 8.76. The lowest BCUT2D eigenvalue weighted by Crippen LogP contribution is -2.10. The first-order valence-electron chi connectivity index (χ1n) is 10.3. The molecule has 0 atom stereocenters. The van der Waals surface area contributed by atoms with E-state index in [1.54, 1.807) is 19.4 Å². The van der Waals surface area contributed by atoms with Crippen molar-refractivity contribution in [3.8, 4) is 16.9 Å². The van der Waals surface area contributed by atoms with E-state index >= 15 is 0 Å². The molecule has 1 aromatic heterocycles. The highest BCUT2D eigenvalue weighted by atomic mass is 79.9. The Morgan fingerprint density at radius 2 is 1.81 bits per heavy atom. The molecule has 0 unspecified atom stereocenters. The number of carbonyl (C=O) groups excluding carboxylic acids is 1. The van der Waals surface area contributed by atoms with Gasteiger partial charge in [-0.2, -0.15) is 0 Å². The van der Waals surface area contributed by atoms with E-state index in [0.717, 1.165) is 54.5 Å². The van der Waals surface area contributed by atoms with Crippen LogP contribution in [0.25, 0.3) is 27.7 Å². The molecular formula is C27H24BrNO3. The summed E-state index contributed by atoms with van der Waals surface area (Å²) in [5.74, 6) is 0.473. The van der Waals surface area contributed by atoms with E-state index in [4.69, 9.17) is 9.15 Å². The maximum absolute atomic E-state index is 12.7. The molecule has 0 saturated heterocycles. The van der Waals surface area contributed by atoms with Crippen LogP contribution in [-0.4, -0.2) is 13.0 Å². The van der Waals surface area contributed by atoms with Gasteiger partial charge in [0, 0.05) is 38.8 Å². The highest BCUT2D eigenvalue weighted by Crippen LogP contribution is 2.37. The minimum atomic E-state index is -0.182. The number of ether oxygens (including phenoxy) is 1. The van der Waals surface area contributed by atoms with Crippen LogP contribution in [-0.2, 0) is 4.79 Å². The van der Waals surface area contributed by atoms with Gasteiger partial charge in [0.05, 0.1) is 13.4 Å². The zero-order valence-corrected chi connectivity index (χ0v) is 20.0. The first-order valence-corrected chi connectivity index (χ1v) is 11.1. The van der Waals surface area contributed by atoms with Gasteiger partial charge in [-0.15, -0.1) is 0 Å². The summed E-state index contributed by atoms with van der Waals surface area (Å²) in [5.41, 5.74) is 7.35. The lowest BCUT2D eigenvalue weighted by Gasteiger charge is -2.11. The minimum absolute atomic E-state index is 0.182. The van der Waals surface area contributed by atoms with E-state index in [1.165, 1.54) is 0 Å². The van der Waals surface area contributed by atoms with Crippen molar-refractivity contribution in [2.75, 3.05) is 12.4 Å². The van der Waals surface area contributed by atoms with E-state index in [2.05, 4.69) is 21.2 Å². The molecule has 1 N–H and O–H groups in total. The minimum Gasteiger partial charge on any atom is -0.496 e. The van der Waals surface area contributed by atoms with Crippen LogP contribution in [0.1, 0.15) is 23.6 Å². The Hall–Kier alpha value is -3.31. The molecule has 0 bridgehead atoms. The largest absolute Gasteiger partial charge is 0.496 e. The van der Waals surface area contributed by atoms with Gasteiger partial charge in [-0.05, 0) is 67.3 Å². The molecule has 32 heavy (non-hydrogen) atoms. The normalized spacial score (nSPS) is 11.6. The summed E-state index contributed by atoms with van der Waals surface area (Å²) in [5, 5.41) is 3.95. The van der Waals surface area contributed by atoms with Crippen molar-refractivity contribution >= 4 is 44.1 Å². The number of nitrogens with one attached hydrogen (secondary N) is 1. The summed E-state index contributed by atoms with van der Waals surface area (Å²) in [6.45, 7) is 5.89. The van der Waals surface area contributed by atoms with Gasteiger partial charge < -0.3 is 14.5 Å². The Bertz CT molecular complexity index is 1330. The highest BCUT2D eigenvalue weighted by molar-refractivity contribution is 9.10. The molecule has 0 aliphatic carbocycles. The van der Waals surface area contributed by atoms with Crippen LogP contribution in [0.5, 0.6) is 5.75 Å². The van der Waals surface area contributed by atoms with Crippen molar-refractivity contribution in [2.45, 2.75) is 20.8 Å². The Balaban J connectivity index is 1.71. The van der Waals surface area contributed by atoms with E-state index in [-0.39, 0.29) is 5.91 Å². The third kappa shape index (κ3) is 4.48. The van der Waals surface area contributed by atoms with Gasteiger partial charge in [0.2, 0.25) is 5.91 Å². The van der Waals surface area contributed by atoms with Crippen LogP contribution in [0.15, 0.2) is 75.8 Å². The molecule has 4 rings (SSSR count). The third-order valence-corrected chi connectivity index (χ3v) is 6.00. The summed E-state index contributed by atoms with van der Waals surface area (Å²) in [4.78, 5) is 12.7. The van der Waals surface area contributed by atoms with Crippen molar-refractivity contribution in [2.24, 2.45) is 0 Å². The topological polar surface area (TPSA) is 51.5 Å². The van der Waals surface area contributed by atoms with Crippen LogP contribution in [0.3, 0.4) is 0 Å². The second-order valence-electron chi connectivity index (χ2n) is 7.84. The fraction of sp³-hybridized carbons (Fsp3) is 0.148. The molecule has 4 aromatic rings. The van der Waals surface area contributed by atoms with Crippen molar-refractivity contribution in [1.82, 2.24) is 0 Å². The Kier molecular flexibility index (Phi) is 6.19. The van der Waals surface area contributed by atoms with Gasteiger partial charge >= 0.3 is 0 Å². The molecule has 0 aliphatic rings. The quantitative estimate of drug-likeness (QED) is 0.294. The van der Waals surface area contributed by atoms with Gasteiger partial charge in [0.15, 0.2) is 0 Å². The highest BCUT2D eigenvalue weighted by Gasteiger charge is 2.15. The molecule has 0 spiro atoms. The summed E-state index contributed by atoms with van der Waals surface area (Å²) in [6, 6.07) is 18.0. The van der Waals surface area contributed by atoms with Gasteiger partial charge in [0.25, 0.3) is 0 Å². The van der Waals surface area contributed by atoms with Crippen molar-refractivity contribution in [3.05, 3.63) is 88.1 Å². The summed E-state index contributed by atoms with van der Waals surface area (Å²) < 4.78 is 12.4. The first-order chi connectivity index (χ1) is 15.4. The molecule has 1 amide bonds. The molecule has 4 nitrogen and oxygen atoms in total. The van der Waals surface area contributed by atoms with Gasteiger partial charge in [-0.25, -0.2) is 0 Å². The zero-order chi connectivity index (χ0) is 22.8. The van der Waals surface area contributed by atoms with Crippen LogP contribution in [0.4, 0.5) is 5.69 Å². The molecule has 1 heterocycles. The Labute approximate surface area is 196 Å². The van der Waals surface area contributed by atoms with Crippen molar-refractivity contribution < 1.29 is 13.9 Å². The average molecular weight is 490 g/mol. The number of halogens is 1. The molecule has 5 heteroatoms. The Morgan fingerprint density at radius 3 is 2.53 bits per heavy atom. The number of benzene rings is 3. The monoisotopic (exact) mass is 489 g/mol. The molecule has 0 radical (unpaired) electrons. The zero-order valence-electron chi connectivity index (χ0n) is 18.5. The average Bonchev–Trinajstić information content (AvgIpc) is 3.18. The molecule has 162 valence electrons. The number of fused-ring (bicyclic) bond motifs is 1. The predicted molar refractivity (Wildman–Crippen MR) is 134 cm³/mol. The van der Waals surface area contributed by atoms with E-state index in [1.807, 2.05) is 75.4 Å². The number of allylic oxidation sites excluding steroid dienone is 1. The van der Waals surface area contributed by atoms with Crippen LogP contribution >= 0.6 is 15.9 Å². The van der Waals surface area contributed by atoms with Gasteiger partial charge in [-0.1, -0.05) is 40.2 Å². The van der Waals surface area contributed by atoms with Crippen LogP contribution in [0, 0.1) is 13.8 Å². The van der Waals surface area contributed by atoms with Crippen molar-refractivity contribution in [1.29, 1.82) is 0 Å². The van der Waals surface area contributed by atoms with Gasteiger partial charge in [0.1, 0.15) is 11.3 Å². The third-order valence-electron chi connectivity index (χ3n) is 5.47. The number of rotatable bonds is 5. The Morgan fingerprint density at radius 1 is 1.06 bits per heavy atom. The van der Waals surface area contributed by atoms with Crippen LogP contribution < -0.4 is 10.1 Å². The number of carbonyl (C=O) groups is 1. The maximum atomic E-state index is 12.7. The fourth-order valence-electron chi connectivity index (χ4n) is 3.70. The molecule has 0 saturated carbocycles. The standard InChI is InChI=1S/C27H24BrNO3/c1-16-5-6-17(2)24(11-16)29-27(30)12-18(3)21-13-22-23(19-7-9-20(28)10-8-19)15-32-26(22)14-25(21)31-4/h5-15H,1-4H3,(H,29,30)/b18-12+. The molecule has 3 aromatic carbocycles. The number of hydrogen-bond donors (Lipinski definition) is 1. The number of anilines is 1. The molecule has 0 fully saturated rings. The predicted octanol–water partition coefficient (Wildman–Crippen LogP) is 7.53. The molecular weight excluding hydrogens is 466 g/mol. The smallest absolute Gasteiger partial charge is 0.248 e. The number of aryl methyl sites for hydroxylation is 2. The van der Waals surface area contributed by atoms with Gasteiger partial charge in [-0.3, -0.25) is 4.79 Å². The number of amides is 1. The van der Waals surface area contributed by atoms with E-state index in [9.17, 15) is 4.79 Å². The lowest BCUT2D eigenvalue weighted by atomic mass is 9.99. The van der Waals surface area contributed by atoms with Crippen molar-refractivity contribution in [3.63, 3.8) is 0 Å². The number of methoxy groups -OCH3 is 1. The maximum Gasteiger partial charge on any atom is 0.248 e. The lowest BCUT2D eigenvalue weighted by molar-refractivity contribution is -0.111. The fourth-order valence-corrected chi connectivity index (χ4v) is 3.96. The van der Waals surface area contributed by atoms with Crippen LogP contribution in [0.2, 0.25) is 0 Å². The first kappa shape index (κ1) is 21.9.